The van der Waals surface area contributed by atoms with E-state index in [1.807, 2.05) is 20.8 Å². The van der Waals surface area contributed by atoms with Gasteiger partial charge < -0.3 is 9.64 Å². The van der Waals surface area contributed by atoms with E-state index in [1.54, 1.807) is 4.90 Å². The monoisotopic (exact) mass is 277 g/mol. The normalized spacial score (nSPS) is 19.7. The van der Waals surface area contributed by atoms with Crippen LogP contribution in [0.3, 0.4) is 0 Å². The predicted octanol–water partition coefficient (Wildman–Crippen LogP) is 1.94. The molecule has 0 aromatic heterocycles. The molecule has 106 valence electrons. The van der Waals surface area contributed by atoms with Crippen LogP contribution in [-0.2, 0) is 20.0 Å². The van der Waals surface area contributed by atoms with Crippen LogP contribution in [0.25, 0.3) is 0 Å². The summed E-state index contributed by atoms with van der Waals surface area (Å²) in [5, 5.41) is 0. The first-order valence-corrected chi connectivity index (χ1v) is 7.71. The van der Waals surface area contributed by atoms with Gasteiger partial charge in [-0.1, -0.05) is 0 Å². The van der Waals surface area contributed by atoms with E-state index in [4.69, 9.17) is 8.92 Å². The Morgan fingerprint density at radius 3 is 2.33 bits per heavy atom. The van der Waals surface area contributed by atoms with Crippen LogP contribution >= 0.6 is 0 Å². The Hall–Kier alpha value is -0.620. The van der Waals surface area contributed by atoms with Crippen molar-refractivity contribution in [3.63, 3.8) is 0 Å². The molecule has 1 amide bonds. The zero-order chi connectivity index (χ0) is 13.8. The number of rotatable bonds is 3. The van der Waals surface area contributed by atoms with Crippen molar-refractivity contribution >= 4 is 17.2 Å². The maximum atomic E-state index is 11.8. The van der Waals surface area contributed by atoms with Gasteiger partial charge in [-0.2, -0.15) is 0 Å². The first kappa shape index (κ1) is 15.4. The Labute approximate surface area is 111 Å². The Kier molecular flexibility index (Phi) is 5.59. The number of ether oxygens (including phenoxy) is 1. The summed E-state index contributed by atoms with van der Waals surface area (Å²) in [6, 6.07) is 0. The van der Waals surface area contributed by atoms with Crippen molar-refractivity contribution in [3.8, 4) is 0 Å². The topological polar surface area (TPSA) is 55.8 Å². The van der Waals surface area contributed by atoms with Gasteiger partial charge >= 0.3 is 6.09 Å². The number of carbonyl (C=O) groups is 1. The lowest BCUT2D eigenvalue weighted by atomic mass is 9.98. The molecule has 0 saturated carbocycles. The first-order chi connectivity index (χ1) is 8.28. The van der Waals surface area contributed by atoms with E-state index in [-0.39, 0.29) is 6.09 Å². The van der Waals surface area contributed by atoms with E-state index >= 15 is 0 Å². The molecule has 5 nitrogen and oxygen atoms in total. The van der Waals surface area contributed by atoms with Gasteiger partial charge in [-0.3, -0.25) is 4.18 Å². The summed E-state index contributed by atoms with van der Waals surface area (Å²) in [6.45, 7) is 7.45. The minimum Gasteiger partial charge on any atom is -0.444 e. The third kappa shape index (κ3) is 5.82. The highest BCUT2D eigenvalue weighted by atomic mass is 32.2. The molecular formula is C12H23NO4S. The van der Waals surface area contributed by atoms with Crippen LogP contribution in [0.1, 0.15) is 33.6 Å². The van der Waals surface area contributed by atoms with Crippen molar-refractivity contribution in [1.29, 1.82) is 0 Å². The van der Waals surface area contributed by atoms with E-state index in [2.05, 4.69) is 0 Å². The van der Waals surface area contributed by atoms with Crippen LogP contribution in [-0.4, -0.2) is 46.8 Å². The molecule has 0 bridgehead atoms. The van der Waals surface area contributed by atoms with Crippen molar-refractivity contribution in [2.24, 2.45) is 5.92 Å². The highest BCUT2D eigenvalue weighted by Crippen LogP contribution is 2.20. The maximum Gasteiger partial charge on any atom is 0.410 e. The average Bonchev–Trinajstić information content (AvgIpc) is 2.24. The third-order valence-electron chi connectivity index (χ3n) is 2.74. The second-order valence-corrected chi connectivity index (χ2v) is 6.64. The molecule has 0 aromatic carbocycles. The van der Waals surface area contributed by atoms with Crippen LogP contribution in [0.15, 0.2) is 0 Å². The van der Waals surface area contributed by atoms with Crippen LogP contribution in [0.4, 0.5) is 4.79 Å². The van der Waals surface area contributed by atoms with Gasteiger partial charge in [0.2, 0.25) is 0 Å². The van der Waals surface area contributed by atoms with Gasteiger partial charge in [0.25, 0.3) is 0 Å². The van der Waals surface area contributed by atoms with Gasteiger partial charge in [0.05, 0.1) is 6.61 Å². The lowest BCUT2D eigenvalue weighted by Gasteiger charge is -2.33. The van der Waals surface area contributed by atoms with Gasteiger partial charge in [0.1, 0.15) is 5.60 Å². The Balaban J connectivity index is 2.30. The molecule has 1 atom stereocenters. The summed E-state index contributed by atoms with van der Waals surface area (Å²) in [7, 11) is 0. The lowest BCUT2D eigenvalue weighted by Crippen LogP contribution is -2.42. The fraction of sp³-hybridized carbons (Fsp3) is 0.917. The number of hydrogen-bond acceptors (Lipinski definition) is 4. The molecule has 0 aromatic rings. The number of hydrogen-bond donors (Lipinski definition) is 0. The zero-order valence-electron chi connectivity index (χ0n) is 11.6. The Morgan fingerprint density at radius 2 is 1.89 bits per heavy atom. The molecule has 0 radical (unpaired) electrons. The van der Waals surface area contributed by atoms with E-state index in [1.165, 1.54) is 6.26 Å². The molecule has 18 heavy (non-hydrogen) atoms. The summed E-state index contributed by atoms with van der Waals surface area (Å²) < 4.78 is 21.2. The Morgan fingerprint density at radius 1 is 1.33 bits per heavy atom. The number of carbonyl (C=O) groups excluding carboxylic acids is 1. The van der Waals surface area contributed by atoms with Crippen molar-refractivity contribution in [2.75, 3.05) is 26.0 Å². The molecule has 1 heterocycles. The molecule has 1 fully saturated rings. The van der Waals surface area contributed by atoms with Gasteiger partial charge in [-0.05, 0) is 39.5 Å². The summed E-state index contributed by atoms with van der Waals surface area (Å²) in [4.78, 5) is 13.5. The highest BCUT2D eigenvalue weighted by Gasteiger charge is 2.26. The molecule has 1 rings (SSSR count). The van der Waals surface area contributed by atoms with Gasteiger partial charge in [-0.25, -0.2) is 9.00 Å². The van der Waals surface area contributed by atoms with Gasteiger partial charge in [-0.15, -0.1) is 0 Å². The predicted molar refractivity (Wildman–Crippen MR) is 70.5 cm³/mol. The van der Waals surface area contributed by atoms with E-state index in [0.29, 0.717) is 25.6 Å². The second-order valence-electron chi connectivity index (χ2n) is 5.60. The van der Waals surface area contributed by atoms with Crippen LogP contribution in [0.2, 0.25) is 0 Å². The quantitative estimate of drug-likeness (QED) is 0.791. The SMILES string of the molecule is CS(=O)OCC1CCN(C(=O)OC(C)(C)C)CC1. The van der Waals surface area contributed by atoms with Gasteiger partial charge in [0, 0.05) is 19.3 Å². The molecule has 1 aliphatic heterocycles. The molecule has 0 spiro atoms. The van der Waals surface area contributed by atoms with Gasteiger partial charge in [0.15, 0.2) is 11.1 Å². The minimum atomic E-state index is -1.20. The van der Waals surface area contributed by atoms with E-state index in [9.17, 15) is 9.00 Å². The smallest absolute Gasteiger partial charge is 0.410 e. The second kappa shape index (κ2) is 6.52. The third-order valence-corrected chi connectivity index (χ3v) is 3.20. The summed E-state index contributed by atoms with van der Waals surface area (Å²) in [6.07, 6.45) is 3.02. The highest BCUT2D eigenvalue weighted by molar-refractivity contribution is 7.79. The Bertz CT molecular complexity index is 306. The average molecular weight is 277 g/mol. The van der Waals surface area contributed by atoms with Crippen molar-refractivity contribution < 1.29 is 17.9 Å². The lowest BCUT2D eigenvalue weighted by molar-refractivity contribution is 0.0167. The van der Waals surface area contributed by atoms with Crippen molar-refractivity contribution in [1.82, 2.24) is 4.90 Å². The van der Waals surface area contributed by atoms with Crippen LogP contribution in [0.5, 0.6) is 0 Å². The van der Waals surface area contributed by atoms with Crippen LogP contribution < -0.4 is 0 Å². The maximum absolute atomic E-state index is 11.8. The summed E-state index contributed by atoms with van der Waals surface area (Å²) in [5.74, 6) is 0.382. The molecule has 0 aliphatic carbocycles. The zero-order valence-corrected chi connectivity index (χ0v) is 12.4. The number of amides is 1. The fourth-order valence-corrected chi connectivity index (χ4v) is 2.18. The standard InChI is InChI=1S/C12H23NO4S/c1-12(2,3)17-11(14)13-7-5-10(6-8-13)9-16-18(4)15/h10H,5-9H2,1-4H3. The fourth-order valence-electron chi connectivity index (χ4n) is 1.80. The largest absolute Gasteiger partial charge is 0.444 e. The molecular weight excluding hydrogens is 254 g/mol. The molecule has 1 unspecified atom stereocenters. The molecule has 1 saturated heterocycles. The van der Waals surface area contributed by atoms with E-state index < -0.39 is 16.7 Å². The van der Waals surface area contributed by atoms with Crippen LogP contribution in [0, 0.1) is 5.92 Å². The minimum absolute atomic E-state index is 0.249. The molecule has 0 N–H and O–H groups in total. The number of piperidine rings is 1. The van der Waals surface area contributed by atoms with Crippen molar-refractivity contribution in [2.45, 2.75) is 39.2 Å². The number of nitrogens with zero attached hydrogens (tertiary/aromatic N) is 1. The molecule has 6 heteroatoms. The summed E-state index contributed by atoms with van der Waals surface area (Å²) >= 11 is -1.20. The van der Waals surface area contributed by atoms with Crippen molar-refractivity contribution in [3.05, 3.63) is 0 Å². The number of likely N-dealkylation sites (tertiary alicyclic amines) is 1. The summed E-state index contributed by atoms with van der Waals surface area (Å²) in [5.41, 5.74) is -0.448. The first-order valence-electron chi connectivity index (χ1n) is 6.22. The molecule has 1 aliphatic rings. The van der Waals surface area contributed by atoms with E-state index in [0.717, 1.165) is 12.8 Å².